The Labute approximate surface area is 798 Å². The van der Waals surface area contributed by atoms with Gasteiger partial charge in [-0.25, -0.2) is 24.9 Å². The molecule has 0 atom stereocenters. The molecule has 28 rings (SSSR count). The third-order valence-corrected chi connectivity index (χ3v) is 28.6. The van der Waals surface area contributed by atoms with Crippen LogP contribution >= 0.6 is 0 Å². The molecule has 2 aliphatic heterocycles. The molecule has 6 aromatic heterocycles. The molecule has 9 heteroatoms. The van der Waals surface area contributed by atoms with Crippen molar-refractivity contribution in [3.05, 3.63) is 536 Å². The van der Waals surface area contributed by atoms with Crippen LogP contribution in [0.2, 0.25) is 0 Å². The van der Waals surface area contributed by atoms with Crippen molar-refractivity contribution in [1.29, 1.82) is 0 Å². The molecule has 642 valence electrons. The smallest absolute Gasteiger partial charge is 0.160 e. The summed E-state index contributed by atoms with van der Waals surface area (Å²) in [6.45, 7) is 0. The molecule has 18 aromatic carbocycles. The van der Waals surface area contributed by atoms with E-state index in [-0.39, 0.29) is 0 Å². The second-order valence-corrected chi connectivity index (χ2v) is 36.0. The number of anilines is 6. The quantitative estimate of drug-likeness (QED) is 0.117. The van der Waals surface area contributed by atoms with Crippen molar-refractivity contribution in [3.63, 3.8) is 0 Å². The first kappa shape index (κ1) is 79.4. The van der Waals surface area contributed by atoms with Gasteiger partial charge in [0.1, 0.15) is 0 Å². The van der Waals surface area contributed by atoms with Crippen LogP contribution in [0.5, 0.6) is 0 Å². The molecule has 0 unspecified atom stereocenters. The van der Waals surface area contributed by atoms with Gasteiger partial charge in [0.15, 0.2) is 5.82 Å². The summed E-state index contributed by atoms with van der Waals surface area (Å²) in [5, 5.41) is 7.91. The molecule has 0 fully saturated rings. The fourth-order valence-corrected chi connectivity index (χ4v) is 22.6. The highest BCUT2D eigenvalue weighted by Crippen LogP contribution is 2.67. The first-order valence-electron chi connectivity index (χ1n) is 47.0. The minimum absolute atomic E-state index is 0.623. The lowest BCUT2D eigenvalue weighted by atomic mass is 9.64. The summed E-state index contributed by atoms with van der Waals surface area (Å²) in [5.74, 6) is 0.718. The predicted molar refractivity (Wildman–Crippen MR) is 565 cm³/mol. The van der Waals surface area contributed by atoms with E-state index in [0.29, 0.717) is 0 Å². The Morgan fingerprint density at radius 3 is 0.899 bits per heavy atom. The summed E-state index contributed by atoms with van der Waals surface area (Å²) in [6, 6.07) is 173. The van der Waals surface area contributed by atoms with Crippen LogP contribution in [0, 0.1) is 0 Å². The maximum Gasteiger partial charge on any atom is 0.160 e. The zero-order valence-corrected chi connectivity index (χ0v) is 74.8. The number of rotatable bonds is 11. The van der Waals surface area contributed by atoms with Crippen molar-refractivity contribution >= 4 is 88.4 Å². The number of nitrogens with zero attached hydrogens (tertiary/aromatic N) is 9. The van der Waals surface area contributed by atoms with E-state index in [4.69, 9.17) is 24.9 Å². The molecule has 2 spiro atoms. The van der Waals surface area contributed by atoms with Gasteiger partial charge >= 0.3 is 0 Å². The van der Waals surface area contributed by atoms with E-state index in [0.717, 1.165) is 179 Å². The summed E-state index contributed by atoms with van der Waals surface area (Å²) in [6.07, 6.45) is 3.62. The van der Waals surface area contributed by atoms with Crippen LogP contribution in [0.15, 0.2) is 492 Å². The Bertz CT molecular complexity index is 8850. The number of benzene rings is 18. The van der Waals surface area contributed by atoms with Crippen molar-refractivity contribution < 1.29 is 0 Å². The molecule has 0 saturated heterocycles. The van der Waals surface area contributed by atoms with Gasteiger partial charge in [0, 0.05) is 73.0 Å². The highest BCUT2D eigenvalue weighted by atomic mass is 15.2. The Morgan fingerprint density at radius 2 is 0.486 bits per heavy atom. The fraction of sp³-hybridized carbons (Fsp3) is 0.0155. The first-order chi connectivity index (χ1) is 68.4. The van der Waals surface area contributed by atoms with Crippen molar-refractivity contribution in [2.75, 3.05) is 9.80 Å². The molecule has 4 aliphatic rings. The minimum atomic E-state index is -0.630. The number of hydrogen-bond acceptors (Lipinski definition) is 9. The number of para-hydroxylation sites is 5. The molecule has 0 saturated carbocycles. The number of fused-ring (bicyclic) bond motifs is 25. The monoisotopic (exact) mass is 1760 g/mol. The summed E-state index contributed by atoms with van der Waals surface area (Å²) >= 11 is 0. The van der Waals surface area contributed by atoms with Gasteiger partial charge in [-0.1, -0.05) is 364 Å². The standard InChI is InChI=1S/C65H41N5.C64H40N4/c1-3-17-44(18-4-1)64-52-41-63-56(40-51(52)50-23-9-12-26-57(50)69-64)65(53-24-10-7-21-48(53)49-22-8-11-25-54(49)65)55-34-33-45(39-62(55)70(63)47-19-5-2-6-20-47)42-29-31-43(32-30-42)46-37-60(58-27-13-15-35-66-58)68-61(38-46)59-28-14-16-36-67-59;1-4-18-42(19-5-1)62-52-40-60-56(39-51(52)49-26-12-16-30-57(49)65-62)64(53-28-14-10-24-47(53)48-25-11-15-29-54(48)64)55-37-36-45(38-59(55)68(60)46-22-8-3-9-23-46)41-32-34-43(35-33-41)61-50-27-13-17-31-58(50)66-63(67-61)44-20-6-2-7-21-44/h1-41H;1-40H. The van der Waals surface area contributed by atoms with Gasteiger partial charge in [-0.05, 0) is 226 Å². The largest absolute Gasteiger partial charge is 0.310 e. The predicted octanol–water partition coefficient (Wildman–Crippen LogP) is 32.2. The van der Waals surface area contributed by atoms with Gasteiger partial charge in [-0.2, -0.15) is 0 Å². The molecule has 9 nitrogen and oxygen atoms in total. The van der Waals surface area contributed by atoms with Crippen LogP contribution in [-0.2, 0) is 10.8 Å². The summed E-state index contributed by atoms with van der Waals surface area (Å²) < 4.78 is 0. The minimum Gasteiger partial charge on any atom is -0.310 e. The maximum absolute atomic E-state index is 5.42. The molecule has 2 aliphatic carbocycles. The van der Waals surface area contributed by atoms with Gasteiger partial charge in [0.05, 0.1) is 90.0 Å². The van der Waals surface area contributed by atoms with Crippen LogP contribution in [0.4, 0.5) is 34.1 Å². The molecule has 0 N–H and O–H groups in total. The number of hydrogen-bond donors (Lipinski definition) is 0. The zero-order valence-electron chi connectivity index (χ0n) is 74.8. The molecule has 0 bridgehead atoms. The van der Waals surface area contributed by atoms with Crippen LogP contribution in [0.3, 0.4) is 0 Å². The molecule has 0 amide bonds. The van der Waals surface area contributed by atoms with Gasteiger partial charge in [-0.3, -0.25) is 9.97 Å². The van der Waals surface area contributed by atoms with Gasteiger partial charge < -0.3 is 9.80 Å². The Morgan fingerprint density at radius 1 is 0.167 bits per heavy atom. The lowest BCUT2D eigenvalue weighted by Crippen LogP contribution is -2.36. The van der Waals surface area contributed by atoms with Crippen molar-refractivity contribution in [1.82, 2.24) is 34.9 Å². The van der Waals surface area contributed by atoms with Gasteiger partial charge in [0.2, 0.25) is 0 Å². The molecule has 24 aromatic rings. The van der Waals surface area contributed by atoms with Gasteiger partial charge in [0.25, 0.3) is 0 Å². The molecular weight excluding hydrogens is 1680 g/mol. The van der Waals surface area contributed by atoms with E-state index in [1.54, 1.807) is 0 Å². The van der Waals surface area contributed by atoms with E-state index in [1.807, 2.05) is 73.1 Å². The normalized spacial score (nSPS) is 13.0. The van der Waals surface area contributed by atoms with Crippen molar-refractivity contribution in [2.45, 2.75) is 10.8 Å². The van der Waals surface area contributed by atoms with Crippen LogP contribution in [0.25, 0.3) is 178 Å². The highest BCUT2D eigenvalue weighted by molar-refractivity contribution is 6.16. The average Bonchev–Trinajstić information content (AvgIpc) is 1.48. The molecular formula is C129H81N9. The number of aromatic nitrogens is 7. The second-order valence-electron chi connectivity index (χ2n) is 36.0. The van der Waals surface area contributed by atoms with Crippen LogP contribution in [-0.4, -0.2) is 34.9 Å². The van der Waals surface area contributed by atoms with Crippen molar-refractivity contribution in [2.24, 2.45) is 0 Å². The highest BCUT2D eigenvalue weighted by Gasteiger charge is 2.54. The average molecular weight is 1760 g/mol. The Balaban J connectivity index is 0.000000139. The lowest BCUT2D eigenvalue weighted by molar-refractivity contribution is 0.754. The lowest BCUT2D eigenvalue weighted by Gasteiger charge is -2.45. The van der Waals surface area contributed by atoms with E-state index < -0.39 is 10.8 Å². The summed E-state index contributed by atoms with van der Waals surface area (Å²) in [4.78, 5) is 40.3. The zero-order chi connectivity index (χ0) is 90.9. The van der Waals surface area contributed by atoms with E-state index in [1.165, 1.54) is 77.5 Å². The summed E-state index contributed by atoms with van der Waals surface area (Å²) in [7, 11) is 0. The first-order valence-corrected chi connectivity index (χ1v) is 47.0. The third-order valence-electron chi connectivity index (χ3n) is 28.6. The summed E-state index contributed by atoms with van der Waals surface area (Å²) in [5.41, 5.74) is 40.5. The van der Waals surface area contributed by atoms with Gasteiger partial charge in [-0.15, -0.1) is 0 Å². The van der Waals surface area contributed by atoms with E-state index in [2.05, 4.69) is 438 Å². The second kappa shape index (κ2) is 32.3. The Hall–Kier alpha value is -18.3. The Kier molecular flexibility index (Phi) is 18.6. The van der Waals surface area contributed by atoms with Crippen molar-refractivity contribution in [3.8, 4) is 124 Å². The topological polar surface area (TPSA) is 96.7 Å². The third kappa shape index (κ3) is 12.6. The fourth-order valence-electron chi connectivity index (χ4n) is 22.6. The molecule has 0 radical (unpaired) electrons. The van der Waals surface area contributed by atoms with Crippen LogP contribution in [0.1, 0.15) is 44.5 Å². The molecule has 8 heterocycles. The molecule has 138 heavy (non-hydrogen) atoms. The van der Waals surface area contributed by atoms with Crippen LogP contribution < -0.4 is 9.80 Å². The number of pyridine rings is 5. The van der Waals surface area contributed by atoms with E-state index >= 15 is 0 Å². The SMILES string of the molecule is c1ccc(-c2nc(-c3ccc(-c4ccc5c(c4)N(c4ccccc4)c4cc6c(-c7ccccc7)nc7ccccc7c6cc4C54c5ccccc5-c5ccccc54)cc3)c3ccccc3n2)cc1.c1ccc(-c2nc3ccccc3c3cc4c(cc23)N(c2ccccc2)c2cc(-c3ccc(-c5cc(-c6ccccn6)nc(-c6ccccn6)c5)cc3)ccc2C42c3ccccc3-c3ccccc32)cc1. The maximum atomic E-state index is 5.42. The van der Waals surface area contributed by atoms with E-state index in [9.17, 15) is 0 Å².